The van der Waals surface area contributed by atoms with Gasteiger partial charge in [-0.2, -0.15) is 0 Å². The van der Waals surface area contributed by atoms with Gasteiger partial charge >= 0.3 is 11.9 Å². The third-order valence-electron chi connectivity index (χ3n) is 11.1. The monoisotopic (exact) mass is 715 g/mol. The zero-order chi connectivity index (χ0) is 37.9. The molecule has 0 bridgehead atoms. The molecule has 0 radical (unpaired) electrons. The van der Waals surface area contributed by atoms with Gasteiger partial charge in [0.05, 0.1) is 0 Å². The molecule has 54 heavy (non-hydrogen) atoms. The summed E-state index contributed by atoms with van der Waals surface area (Å²) in [6, 6.07) is 34.3. The van der Waals surface area contributed by atoms with E-state index in [-0.39, 0.29) is 0 Å². The van der Waals surface area contributed by atoms with E-state index in [0.717, 1.165) is 49.7 Å². The summed E-state index contributed by atoms with van der Waals surface area (Å²) in [6.07, 6.45) is 10.9. The molecule has 2 aliphatic rings. The summed E-state index contributed by atoms with van der Waals surface area (Å²) in [5.41, 5.74) is 10.9. The van der Waals surface area contributed by atoms with Crippen LogP contribution in [0.4, 0.5) is 11.4 Å². The minimum Gasteiger partial charge on any atom is -0.423 e. The van der Waals surface area contributed by atoms with Crippen LogP contribution >= 0.6 is 0 Å². The van der Waals surface area contributed by atoms with E-state index in [0.29, 0.717) is 40.5 Å². The molecule has 0 spiro atoms. The van der Waals surface area contributed by atoms with E-state index in [1.54, 1.807) is 13.8 Å². The highest BCUT2D eigenvalue weighted by atomic mass is 16.5. The maximum Gasteiger partial charge on any atom is 0.338 e. The second-order valence-corrected chi connectivity index (χ2v) is 14.9. The number of hydrogen-bond donors (Lipinski definition) is 0. The van der Waals surface area contributed by atoms with Gasteiger partial charge in [-0.3, -0.25) is 0 Å². The van der Waals surface area contributed by atoms with Gasteiger partial charge < -0.3 is 14.4 Å². The van der Waals surface area contributed by atoms with Crippen molar-refractivity contribution in [1.29, 1.82) is 0 Å². The van der Waals surface area contributed by atoms with Crippen LogP contribution in [-0.2, 0) is 22.4 Å². The summed E-state index contributed by atoms with van der Waals surface area (Å²) in [5.74, 6) is 1.03. The summed E-state index contributed by atoms with van der Waals surface area (Å²) < 4.78 is 10.9. The summed E-state index contributed by atoms with van der Waals surface area (Å²) in [7, 11) is 0. The van der Waals surface area contributed by atoms with Crippen LogP contribution in [0.25, 0.3) is 21.9 Å². The third kappa shape index (κ3) is 7.54. The molecule has 5 aromatic rings. The number of fused-ring (bicyclic) bond motifs is 3. The van der Waals surface area contributed by atoms with Crippen molar-refractivity contribution in [3.05, 3.63) is 156 Å². The molecule has 0 saturated heterocycles. The Balaban J connectivity index is 1.21. The van der Waals surface area contributed by atoms with Crippen molar-refractivity contribution in [2.45, 2.75) is 84.1 Å². The van der Waals surface area contributed by atoms with Crippen LogP contribution in [0.5, 0.6) is 11.5 Å². The summed E-state index contributed by atoms with van der Waals surface area (Å²) in [5, 5.41) is 2.74. The topological polar surface area (TPSA) is 55.8 Å². The van der Waals surface area contributed by atoms with Gasteiger partial charge in [0.1, 0.15) is 11.5 Å². The van der Waals surface area contributed by atoms with Crippen molar-refractivity contribution in [1.82, 2.24) is 0 Å². The fourth-order valence-electron chi connectivity index (χ4n) is 8.21. The molecule has 1 saturated carbocycles. The maximum atomic E-state index is 12.0. The summed E-state index contributed by atoms with van der Waals surface area (Å²) in [4.78, 5) is 26.7. The minimum atomic E-state index is -0.424. The van der Waals surface area contributed by atoms with Gasteiger partial charge in [-0.15, -0.1) is 0 Å². The molecule has 1 atom stereocenters. The first-order valence-electron chi connectivity index (χ1n) is 19.2. The molecule has 274 valence electrons. The Labute approximate surface area is 319 Å². The molecule has 5 heteroatoms. The molecule has 0 heterocycles. The van der Waals surface area contributed by atoms with Crippen molar-refractivity contribution >= 4 is 34.1 Å². The number of carbonyl (C=O) groups excluding carboxylic acids is 2. The summed E-state index contributed by atoms with van der Waals surface area (Å²) in [6.45, 7) is 15.3. The van der Waals surface area contributed by atoms with Gasteiger partial charge in [0, 0.05) is 33.9 Å². The number of anilines is 2. The van der Waals surface area contributed by atoms with Gasteiger partial charge in [-0.1, -0.05) is 93.8 Å². The molecule has 5 nitrogen and oxygen atoms in total. The number of rotatable bonds is 10. The smallest absolute Gasteiger partial charge is 0.338 e. The summed E-state index contributed by atoms with van der Waals surface area (Å²) >= 11 is 0. The van der Waals surface area contributed by atoms with Crippen LogP contribution in [0.15, 0.2) is 134 Å². The highest BCUT2D eigenvalue weighted by Crippen LogP contribution is 2.45. The molecular weight excluding hydrogens is 667 g/mol. The number of nitrogens with zero attached hydrogens (tertiary/aromatic N) is 1. The van der Waals surface area contributed by atoms with E-state index in [1.165, 1.54) is 44.4 Å². The highest BCUT2D eigenvalue weighted by Gasteiger charge is 2.30. The predicted molar refractivity (Wildman–Crippen MR) is 221 cm³/mol. The Morgan fingerprint density at radius 3 is 1.87 bits per heavy atom. The second kappa shape index (κ2) is 15.7. The number of esters is 2. The number of carbonyl (C=O) groups is 2. The normalized spacial score (nSPS) is 17.7. The van der Waals surface area contributed by atoms with Gasteiger partial charge in [-0.25, -0.2) is 9.59 Å². The van der Waals surface area contributed by atoms with Gasteiger partial charge in [0.15, 0.2) is 0 Å². The quantitative estimate of drug-likeness (QED) is 0.0623. The number of benzene rings is 5. The second-order valence-electron chi connectivity index (χ2n) is 14.9. The number of hydrogen-bond acceptors (Lipinski definition) is 5. The van der Waals surface area contributed by atoms with E-state index in [4.69, 9.17) is 9.47 Å². The van der Waals surface area contributed by atoms with E-state index in [9.17, 15) is 9.59 Å². The minimum absolute atomic E-state index is 0.314. The lowest BCUT2D eigenvalue weighted by molar-refractivity contribution is -0.130. The van der Waals surface area contributed by atoms with E-state index < -0.39 is 11.9 Å². The average molecular weight is 716 g/mol. The van der Waals surface area contributed by atoms with E-state index in [2.05, 4.69) is 105 Å². The molecule has 0 N–H and O–H groups in total. The van der Waals surface area contributed by atoms with Gasteiger partial charge in [-0.05, 0) is 145 Å². The number of allylic oxidation sites excluding steroid dienone is 2. The van der Waals surface area contributed by atoms with Crippen molar-refractivity contribution in [3.8, 4) is 22.6 Å². The molecule has 2 aliphatic carbocycles. The van der Waals surface area contributed by atoms with Crippen molar-refractivity contribution < 1.29 is 19.1 Å². The van der Waals surface area contributed by atoms with Crippen LogP contribution in [0.3, 0.4) is 0 Å². The van der Waals surface area contributed by atoms with Crippen molar-refractivity contribution in [2.75, 3.05) is 4.90 Å². The lowest BCUT2D eigenvalue weighted by atomic mass is 9.80. The van der Waals surface area contributed by atoms with Crippen LogP contribution in [0.2, 0.25) is 0 Å². The molecule has 1 unspecified atom stereocenters. The van der Waals surface area contributed by atoms with Crippen LogP contribution in [-0.4, -0.2) is 18.0 Å². The molecule has 7 rings (SSSR count). The Bertz CT molecular complexity index is 2240. The Morgan fingerprint density at radius 2 is 1.30 bits per heavy atom. The third-order valence-corrected chi connectivity index (χ3v) is 11.1. The van der Waals surface area contributed by atoms with E-state index >= 15 is 0 Å². The Kier molecular flexibility index (Phi) is 10.7. The van der Waals surface area contributed by atoms with Crippen LogP contribution < -0.4 is 14.4 Å². The SMILES string of the molecule is C=C(C)C(=O)Oc1ccc(-c2ccc(N(c3ccc(CC)c4c5c(ccc34)CC=CC5C)C3CCC(c4ccc(OC(=O)C(=C)C)cc4)CC3)cc2)cc1. The highest BCUT2D eigenvalue weighted by molar-refractivity contribution is 6.01. The largest absolute Gasteiger partial charge is 0.423 e. The van der Waals surface area contributed by atoms with Crippen molar-refractivity contribution in [3.63, 3.8) is 0 Å². The number of ether oxygens (including phenoxy) is 2. The first-order chi connectivity index (χ1) is 26.1. The van der Waals surface area contributed by atoms with Crippen LogP contribution in [0.1, 0.15) is 87.5 Å². The lowest BCUT2D eigenvalue weighted by Crippen LogP contribution is -2.34. The first-order valence-corrected chi connectivity index (χ1v) is 19.2. The number of aryl methyl sites for hydroxylation is 1. The standard InChI is InChI=1S/C49H49NO4/c1-7-34-20-30-45(44-29-19-39-10-8-9-33(6)46(39)47(34)44)50(40-21-11-35(12-22-40)37-15-25-42(26-16-37)53-48(51)31(2)3)41-23-13-36(14-24-41)38-17-27-43(28-18-38)54-49(52)32(4)5/h8-9,11-12,15-22,25-30,33,36,41H,2,4,7,10,13-14,23-24H2,1,3,5-6H3. The molecule has 0 aromatic heterocycles. The zero-order valence-electron chi connectivity index (χ0n) is 31.9. The van der Waals surface area contributed by atoms with Gasteiger partial charge in [0.25, 0.3) is 0 Å². The molecular formula is C49H49NO4. The Hall–Kier alpha value is -5.68. The van der Waals surface area contributed by atoms with Gasteiger partial charge in [0.2, 0.25) is 0 Å². The van der Waals surface area contributed by atoms with Crippen molar-refractivity contribution in [2.24, 2.45) is 0 Å². The maximum absolute atomic E-state index is 12.0. The molecule has 0 aliphatic heterocycles. The fraction of sp³-hybridized carbons (Fsp3) is 0.265. The first kappa shape index (κ1) is 36.7. The predicted octanol–water partition coefficient (Wildman–Crippen LogP) is 12.1. The lowest BCUT2D eigenvalue weighted by Gasteiger charge is -2.39. The fourth-order valence-corrected chi connectivity index (χ4v) is 8.21. The molecule has 5 aromatic carbocycles. The Morgan fingerprint density at radius 1 is 0.722 bits per heavy atom. The average Bonchev–Trinajstić information content (AvgIpc) is 3.19. The molecule has 0 amide bonds. The molecule has 1 fully saturated rings. The van der Waals surface area contributed by atoms with Crippen LogP contribution in [0, 0.1) is 0 Å². The zero-order valence-corrected chi connectivity index (χ0v) is 31.9. The van der Waals surface area contributed by atoms with E-state index in [1.807, 2.05) is 36.4 Å².